The van der Waals surface area contributed by atoms with Gasteiger partial charge < -0.3 is 4.74 Å². The number of halogens is 2. The van der Waals surface area contributed by atoms with Crippen molar-refractivity contribution in [3.8, 4) is 5.75 Å². The Bertz CT molecular complexity index is 726. The highest BCUT2D eigenvalue weighted by atomic mass is 19.2. The Labute approximate surface area is 161 Å². The zero-order valence-corrected chi connectivity index (χ0v) is 16.3. The van der Waals surface area contributed by atoms with E-state index in [0.717, 1.165) is 31.2 Å². The molecule has 0 aliphatic rings. The predicted octanol–water partition coefficient (Wildman–Crippen LogP) is 7.02. The van der Waals surface area contributed by atoms with Gasteiger partial charge in [0, 0.05) is 6.21 Å². The van der Waals surface area contributed by atoms with Gasteiger partial charge in [-0.3, -0.25) is 4.99 Å². The number of hydrogen-bond donors (Lipinski definition) is 0. The summed E-state index contributed by atoms with van der Waals surface area (Å²) < 4.78 is 33.7. The molecule has 4 heteroatoms. The van der Waals surface area contributed by atoms with Crippen molar-refractivity contribution in [3.05, 3.63) is 59.2 Å². The number of rotatable bonds is 11. The Morgan fingerprint density at radius 1 is 0.852 bits per heavy atom. The second-order valence-corrected chi connectivity index (χ2v) is 6.72. The second-order valence-electron chi connectivity index (χ2n) is 6.72. The van der Waals surface area contributed by atoms with Crippen LogP contribution in [0.3, 0.4) is 0 Å². The van der Waals surface area contributed by atoms with Crippen LogP contribution in [0.4, 0.5) is 14.5 Å². The lowest BCUT2D eigenvalue weighted by atomic mass is 10.1. The van der Waals surface area contributed by atoms with Gasteiger partial charge in [-0.15, -0.1) is 0 Å². The van der Waals surface area contributed by atoms with E-state index in [-0.39, 0.29) is 11.4 Å². The molecular formula is C23H29F2NO. The van der Waals surface area contributed by atoms with E-state index in [9.17, 15) is 8.78 Å². The van der Waals surface area contributed by atoms with Crippen LogP contribution in [0.25, 0.3) is 0 Å². The van der Waals surface area contributed by atoms with Gasteiger partial charge in [0.2, 0.25) is 5.82 Å². The SMILES string of the molecule is CCCCCOc1ccc(/N=C/c2ccc(CCCCC)cc2)c(F)c1F. The molecule has 2 nitrogen and oxygen atoms in total. The topological polar surface area (TPSA) is 21.6 Å². The van der Waals surface area contributed by atoms with Gasteiger partial charge in [0.15, 0.2) is 11.6 Å². The van der Waals surface area contributed by atoms with Crippen molar-refractivity contribution in [2.75, 3.05) is 6.61 Å². The zero-order valence-electron chi connectivity index (χ0n) is 16.3. The molecule has 0 aliphatic heterocycles. The molecule has 146 valence electrons. The van der Waals surface area contributed by atoms with Crippen LogP contribution in [-0.2, 0) is 6.42 Å². The predicted molar refractivity (Wildman–Crippen MR) is 108 cm³/mol. The van der Waals surface area contributed by atoms with E-state index in [1.165, 1.54) is 37.0 Å². The summed E-state index contributed by atoms with van der Waals surface area (Å²) in [5.74, 6) is -2.01. The maximum atomic E-state index is 14.2. The molecule has 0 N–H and O–H groups in total. The highest BCUT2D eigenvalue weighted by molar-refractivity contribution is 5.82. The van der Waals surface area contributed by atoms with Crippen LogP contribution in [0, 0.1) is 11.6 Å². The number of ether oxygens (including phenoxy) is 1. The summed E-state index contributed by atoms with van der Waals surface area (Å²) in [4.78, 5) is 4.10. The van der Waals surface area contributed by atoms with Gasteiger partial charge in [-0.2, -0.15) is 4.39 Å². The standard InChI is InChI=1S/C23H29F2NO/c1-3-5-7-9-18-10-12-19(13-11-18)17-26-20-14-15-21(23(25)22(20)24)27-16-8-6-4-2/h10-15,17H,3-9,16H2,1-2H3/b26-17+. The minimum absolute atomic E-state index is 0.0274. The van der Waals surface area contributed by atoms with Gasteiger partial charge in [0.1, 0.15) is 5.69 Å². The van der Waals surface area contributed by atoms with E-state index in [2.05, 4.69) is 31.0 Å². The van der Waals surface area contributed by atoms with Crippen LogP contribution >= 0.6 is 0 Å². The van der Waals surface area contributed by atoms with Gasteiger partial charge in [-0.05, 0) is 42.5 Å². The molecule has 0 radical (unpaired) electrons. The molecule has 0 spiro atoms. The number of benzene rings is 2. The van der Waals surface area contributed by atoms with Crippen LogP contribution in [0.5, 0.6) is 5.75 Å². The maximum Gasteiger partial charge on any atom is 0.202 e. The van der Waals surface area contributed by atoms with E-state index >= 15 is 0 Å². The average molecular weight is 373 g/mol. The van der Waals surface area contributed by atoms with E-state index in [1.807, 2.05) is 12.1 Å². The van der Waals surface area contributed by atoms with Crippen molar-refractivity contribution < 1.29 is 13.5 Å². The largest absolute Gasteiger partial charge is 0.490 e. The van der Waals surface area contributed by atoms with Gasteiger partial charge >= 0.3 is 0 Å². The third-order valence-corrected chi connectivity index (χ3v) is 4.43. The number of hydrogen-bond acceptors (Lipinski definition) is 2. The molecule has 2 aromatic carbocycles. The van der Waals surface area contributed by atoms with E-state index in [1.54, 1.807) is 6.21 Å². The molecule has 2 aromatic rings. The normalized spacial score (nSPS) is 11.3. The van der Waals surface area contributed by atoms with Gasteiger partial charge in [-0.25, -0.2) is 4.39 Å². The molecule has 0 bridgehead atoms. The Balaban J connectivity index is 1.98. The van der Waals surface area contributed by atoms with E-state index in [0.29, 0.717) is 6.61 Å². The molecule has 27 heavy (non-hydrogen) atoms. The minimum Gasteiger partial charge on any atom is -0.490 e. The molecular weight excluding hydrogens is 344 g/mol. The summed E-state index contributed by atoms with van der Waals surface area (Å²) >= 11 is 0. The molecule has 0 atom stereocenters. The van der Waals surface area contributed by atoms with Gasteiger partial charge in [0.05, 0.1) is 6.61 Å². The van der Waals surface area contributed by atoms with Crippen LogP contribution in [0.15, 0.2) is 41.4 Å². The first kappa shape index (κ1) is 21.1. The fraction of sp³-hybridized carbons (Fsp3) is 0.435. The lowest BCUT2D eigenvalue weighted by molar-refractivity contribution is 0.286. The molecule has 2 rings (SSSR count). The highest BCUT2D eigenvalue weighted by Gasteiger charge is 2.13. The third kappa shape index (κ3) is 6.78. The van der Waals surface area contributed by atoms with E-state index in [4.69, 9.17) is 4.74 Å². The summed E-state index contributed by atoms with van der Waals surface area (Å²) in [5, 5.41) is 0. The quantitative estimate of drug-likeness (QED) is 0.306. The Hall–Kier alpha value is -2.23. The van der Waals surface area contributed by atoms with Crippen molar-refractivity contribution in [2.45, 2.75) is 58.8 Å². The number of unbranched alkanes of at least 4 members (excludes halogenated alkanes) is 4. The van der Waals surface area contributed by atoms with Crippen molar-refractivity contribution >= 4 is 11.9 Å². The lowest BCUT2D eigenvalue weighted by Crippen LogP contribution is -2.00. The van der Waals surface area contributed by atoms with Crippen molar-refractivity contribution in [3.63, 3.8) is 0 Å². The van der Waals surface area contributed by atoms with Crippen LogP contribution < -0.4 is 4.74 Å². The monoisotopic (exact) mass is 373 g/mol. The smallest absolute Gasteiger partial charge is 0.202 e. The first-order valence-corrected chi connectivity index (χ1v) is 9.89. The van der Waals surface area contributed by atoms with Crippen LogP contribution in [0.1, 0.15) is 63.5 Å². The highest BCUT2D eigenvalue weighted by Crippen LogP contribution is 2.28. The molecule has 0 saturated carbocycles. The first-order chi connectivity index (χ1) is 13.2. The Morgan fingerprint density at radius 3 is 2.26 bits per heavy atom. The van der Waals surface area contributed by atoms with Crippen LogP contribution in [-0.4, -0.2) is 12.8 Å². The van der Waals surface area contributed by atoms with Gasteiger partial charge in [-0.1, -0.05) is 63.8 Å². The second kappa shape index (κ2) is 11.5. The zero-order chi connectivity index (χ0) is 19.5. The van der Waals surface area contributed by atoms with Crippen molar-refractivity contribution in [1.29, 1.82) is 0 Å². The summed E-state index contributed by atoms with van der Waals surface area (Å²) in [5.41, 5.74) is 2.11. The number of nitrogens with zero attached hydrogens (tertiary/aromatic N) is 1. The molecule has 0 heterocycles. The number of aryl methyl sites for hydroxylation is 1. The fourth-order valence-corrected chi connectivity index (χ4v) is 2.76. The number of aliphatic imine (C=N–C) groups is 1. The lowest BCUT2D eigenvalue weighted by Gasteiger charge is -2.08. The molecule has 0 fully saturated rings. The Morgan fingerprint density at radius 2 is 1.56 bits per heavy atom. The summed E-state index contributed by atoms with van der Waals surface area (Å²) in [6.45, 7) is 4.65. The molecule has 0 amide bonds. The maximum absolute atomic E-state index is 14.2. The molecule has 0 saturated heterocycles. The third-order valence-electron chi connectivity index (χ3n) is 4.43. The fourth-order valence-electron chi connectivity index (χ4n) is 2.76. The minimum atomic E-state index is -0.979. The molecule has 0 aromatic heterocycles. The Kier molecular flexibility index (Phi) is 8.96. The average Bonchev–Trinajstić information content (AvgIpc) is 2.69. The molecule has 0 aliphatic carbocycles. The summed E-state index contributed by atoms with van der Waals surface area (Å²) in [7, 11) is 0. The van der Waals surface area contributed by atoms with Crippen LogP contribution in [0.2, 0.25) is 0 Å². The first-order valence-electron chi connectivity index (χ1n) is 9.89. The summed E-state index contributed by atoms with van der Waals surface area (Å²) in [6.07, 6.45) is 9.10. The van der Waals surface area contributed by atoms with E-state index < -0.39 is 11.6 Å². The van der Waals surface area contributed by atoms with Crippen molar-refractivity contribution in [2.24, 2.45) is 4.99 Å². The van der Waals surface area contributed by atoms with Crippen molar-refractivity contribution in [1.82, 2.24) is 0 Å². The summed E-state index contributed by atoms with van der Waals surface area (Å²) in [6, 6.07) is 10.9. The van der Waals surface area contributed by atoms with Gasteiger partial charge in [0.25, 0.3) is 0 Å². The molecule has 0 unspecified atom stereocenters.